The Hall–Kier alpha value is -0.0800. The molecule has 2 bridgehead atoms. The fraction of sp³-hybridized carbons (Fsp3) is 1.00. The molecule has 0 aromatic carbocycles. The van der Waals surface area contributed by atoms with Crippen LogP contribution in [0.25, 0.3) is 0 Å². The number of rotatable bonds is 2. The zero-order valence-electron chi connectivity index (χ0n) is 8.99. The first-order valence-corrected chi connectivity index (χ1v) is 6.37. The van der Waals surface area contributed by atoms with Crippen LogP contribution in [-0.4, -0.2) is 29.6 Å². The third-order valence-corrected chi connectivity index (χ3v) is 4.78. The van der Waals surface area contributed by atoms with E-state index in [1.54, 1.807) is 0 Å². The maximum atomic E-state index is 5.94. The second-order valence-corrected chi connectivity index (χ2v) is 5.42. The Morgan fingerprint density at radius 3 is 2.50 bits per heavy atom. The maximum absolute atomic E-state index is 5.94. The molecule has 2 nitrogen and oxygen atoms in total. The van der Waals surface area contributed by atoms with Gasteiger partial charge in [-0.1, -0.05) is 12.8 Å². The smallest absolute Gasteiger partial charge is 0.0253 e. The minimum absolute atomic E-state index is 0.747. The van der Waals surface area contributed by atoms with E-state index in [1.807, 2.05) is 0 Å². The molecule has 0 aromatic heterocycles. The number of hydrogen-bond acceptors (Lipinski definition) is 2. The molecule has 2 heteroatoms. The summed E-state index contributed by atoms with van der Waals surface area (Å²) < 4.78 is 0. The summed E-state index contributed by atoms with van der Waals surface area (Å²) in [4.78, 5) is 2.82. The molecule has 3 atom stereocenters. The van der Waals surface area contributed by atoms with E-state index < -0.39 is 0 Å². The SMILES string of the molecule is NCC1C2CCC(C2)N1C1CCCC1. The largest absolute Gasteiger partial charge is 0.329 e. The Labute approximate surface area is 86.8 Å². The molecule has 14 heavy (non-hydrogen) atoms. The summed E-state index contributed by atoms with van der Waals surface area (Å²) in [6.07, 6.45) is 10.2. The molecule has 1 aliphatic heterocycles. The fourth-order valence-electron chi connectivity index (χ4n) is 4.21. The normalized spacial score (nSPS) is 43.9. The minimum atomic E-state index is 0.747. The summed E-state index contributed by atoms with van der Waals surface area (Å²) >= 11 is 0. The summed E-state index contributed by atoms with van der Waals surface area (Å²) in [7, 11) is 0. The molecule has 2 N–H and O–H groups in total. The van der Waals surface area contributed by atoms with Crippen LogP contribution in [0, 0.1) is 5.92 Å². The number of nitrogens with two attached hydrogens (primary N) is 1. The third-order valence-electron chi connectivity index (χ3n) is 4.78. The standard InChI is InChI=1S/C12H22N2/c13-8-12-9-5-6-11(7-9)14(12)10-3-1-2-4-10/h9-12H,1-8,13H2. The van der Waals surface area contributed by atoms with Crippen molar-refractivity contribution in [1.82, 2.24) is 4.90 Å². The highest BCUT2D eigenvalue weighted by Gasteiger charge is 2.47. The van der Waals surface area contributed by atoms with E-state index in [1.165, 1.54) is 44.9 Å². The van der Waals surface area contributed by atoms with Crippen LogP contribution >= 0.6 is 0 Å². The molecule has 0 amide bonds. The quantitative estimate of drug-likeness (QED) is 0.725. The number of likely N-dealkylation sites (tertiary alicyclic amines) is 1. The van der Waals surface area contributed by atoms with Gasteiger partial charge in [0.25, 0.3) is 0 Å². The average Bonchev–Trinajstić information content (AvgIpc) is 2.92. The van der Waals surface area contributed by atoms with Crippen molar-refractivity contribution in [2.75, 3.05) is 6.54 Å². The zero-order chi connectivity index (χ0) is 9.54. The van der Waals surface area contributed by atoms with Gasteiger partial charge in [0.2, 0.25) is 0 Å². The lowest BCUT2D eigenvalue weighted by Crippen LogP contribution is -2.49. The van der Waals surface area contributed by atoms with Gasteiger partial charge in [-0.3, -0.25) is 4.90 Å². The summed E-state index contributed by atoms with van der Waals surface area (Å²) in [6.45, 7) is 0.900. The summed E-state index contributed by atoms with van der Waals surface area (Å²) in [5, 5.41) is 0. The fourth-order valence-corrected chi connectivity index (χ4v) is 4.21. The highest BCUT2D eigenvalue weighted by atomic mass is 15.3. The summed E-state index contributed by atoms with van der Waals surface area (Å²) in [5.41, 5.74) is 5.94. The topological polar surface area (TPSA) is 29.3 Å². The number of hydrogen-bond donors (Lipinski definition) is 1. The Morgan fingerprint density at radius 1 is 1.00 bits per heavy atom. The number of nitrogens with zero attached hydrogens (tertiary/aromatic N) is 1. The Morgan fingerprint density at radius 2 is 1.79 bits per heavy atom. The molecule has 1 heterocycles. The van der Waals surface area contributed by atoms with Crippen molar-refractivity contribution < 1.29 is 0 Å². The molecular weight excluding hydrogens is 172 g/mol. The highest BCUT2D eigenvalue weighted by molar-refractivity contribution is 5.02. The molecule has 3 fully saturated rings. The zero-order valence-corrected chi connectivity index (χ0v) is 8.99. The van der Waals surface area contributed by atoms with Crippen molar-refractivity contribution in [3.63, 3.8) is 0 Å². The first kappa shape index (κ1) is 9.17. The van der Waals surface area contributed by atoms with Gasteiger partial charge in [-0.05, 0) is 38.0 Å². The van der Waals surface area contributed by atoms with Crippen LogP contribution in [0.3, 0.4) is 0 Å². The molecule has 80 valence electrons. The number of fused-ring (bicyclic) bond motifs is 2. The van der Waals surface area contributed by atoms with Crippen molar-refractivity contribution in [2.24, 2.45) is 11.7 Å². The first-order valence-electron chi connectivity index (χ1n) is 6.37. The van der Waals surface area contributed by atoms with Crippen molar-refractivity contribution >= 4 is 0 Å². The summed E-state index contributed by atoms with van der Waals surface area (Å²) in [6, 6.07) is 2.56. The van der Waals surface area contributed by atoms with Gasteiger partial charge in [-0.25, -0.2) is 0 Å². The van der Waals surface area contributed by atoms with Crippen LogP contribution in [0.1, 0.15) is 44.9 Å². The van der Waals surface area contributed by atoms with Gasteiger partial charge >= 0.3 is 0 Å². The van der Waals surface area contributed by atoms with Crippen molar-refractivity contribution in [1.29, 1.82) is 0 Å². The lowest BCUT2D eigenvalue weighted by Gasteiger charge is -2.39. The van der Waals surface area contributed by atoms with Gasteiger partial charge in [0, 0.05) is 24.7 Å². The Kier molecular flexibility index (Phi) is 2.29. The Balaban J connectivity index is 1.76. The van der Waals surface area contributed by atoms with Crippen LogP contribution < -0.4 is 5.73 Å². The van der Waals surface area contributed by atoms with Gasteiger partial charge in [-0.15, -0.1) is 0 Å². The highest BCUT2D eigenvalue weighted by Crippen LogP contribution is 2.45. The van der Waals surface area contributed by atoms with Gasteiger partial charge in [-0.2, -0.15) is 0 Å². The monoisotopic (exact) mass is 194 g/mol. The van der Waals surface area contributed by atoms with Crippen LogP contribution in [0.15, 0.2) is 0 Å². The van der Waals surface area contributed by atoms with E-state index in [9.17, 15) is 0 Å². The van der Waals surface area contributed by atoms with Crippen LogP contribution in [-0.2, 0) is 0 Å². The number of piperidine rings is 1. The van der Waals surface area contributed by atoms with Crippen LogP contribution in [0.5, 0.6) is 0 Å². The van der Waals surface area contributed by atoms with Gasteiger partial charge in [0.15, 0.2) is 0 Å². The molecule has 2 saturated carbocycles. The van der Waals surface area contributed by atoms with Crippen molar-refractivity contribution in [2.45, 2.75) is 63.1 Å². The minimum Gasteiger partial charge on any atom is -0.329 e. The van der Waals surface area contributed by atoms with E-state index in [0.717, 1.165) is 30.6 Å². The third kappa shape index (κ3) is 1.24. The second-order valence-electron chi connectivity index (χ2n) is 5.42. The average molecular weight is 194 g/mol. The van der Waals surface area contributed by atoms with E-state index in [2.05, 4.69) is 4.90 Å². The van der Waals surface area contributed by atoms with Gasteiger partial charge < -0.3 is 5.73 Å². The molecule has 0 radical (unpaired) electrons. The maximum Gasteiger partial charge on any atom is 0.0253 e. The van der Waals surface area contributed by atoms with Crippen molar-refractivity contribution in [3.8, 4) is 0 Å². The molecule has 3 rings (SSSR count). The van der Waals surface area contributed by atoms with E-state index >= 15 is 0 Å². The lowest BCUT2D eigenvalue weighted by molar-refractivity contribution is 0.0925. The van der Waals surface area contributed by atoms with Crippen LogP contribution in [0.2, 0.25) is 0 Å². The second kappa shape index (κ2) is 3.49. The predicted octanol–water partition coefficient (Wildman–Crippen LogP) is 1.74. The van der Waals surface area contributed by atoms with Gasteiger partial charge in [0.1, 0.15) is 0 Å². The van der Waals surface area contributed by atoms with Gasteiger partial charge in [0.05, 0.1) is 0 Å². The molecule has 2 aliphatic carbocycles. The van der Waals surface area contributed by atoms with E-state index in [0.29, 0.717) is 0 Å². The lowest BCUT2D eigenvalue weighted by atomic mass is 9.97. The molecular formula is C12H22N2. The van der Waals surface area contributed by atoms with E-state index in [-0.39, 0.29) is 0 Å². The van der Waals surface area contributed by atoms with Crippen LogP contribution in [0.4, 0.5) is 0 Å². The summed E-state index contributed by atoms with van der Waals surface area (Å²) in [5.74, 6) is 0.950. The molecule has 3 aliphatic rings. The van der Waals surface area contributed by atoms with E-state index in [4.69, 9.17) is 5.73 Å². The molecule has 0 aromatic rings. The van der Waals surface area contributed by atoms with Crippen molar-refractivity contribution in [3.05, 3.63) is 0 Å². The molecule has 3 unspecified atom stereocenters. The molecule has 1 saturated heterocycles. The predicted molar refractivity (Wildman–Crippen MR) is 58.1 cm³/mol. The Bertz CT molecular complexity index is 210. The molecule has 0 spiro atoms. The first-order chi connectivity index (χ1) is 6.90.